The lowest BCUT2D eigenvalue weighted by Gasteiger charge is -2.31. The van der Waals surface area contributed by atoms with Crippen molar-refractivity contribution in [2.24, 2.45) is 5.92 Å². The molecule has 5 atom stereocenters. The highest BCUT2D eigenvalue weighted by atomic mass is 16.5. The third kappa shape index (κ3) is 12.4. The zero-order valence-corrected chi connectivity index (χ0v) is 50.5. The van der Waals surface area contributed by atoms with E-state index in [0.29, 0.717) is 65.0 Å². The predicted octanol–water partition coefficient (Wildman–Crippen LogP) is 9.79. The van der Waals surface area contributed by atoms with E-state index in [1.54, 1.807) is 9.58 Å². The zero-order chi connectivity index (χ0) is 60.1. The number of nitrogens with one attached hydrogen (secondary N) is 4. The number of nitrogens with two attached hydrogens (primary N) is 1. The molecule has 12 rings (SSSR count). The van der Waals surface area contributed by atoms with E-state index in [0.717, 1.165) is 135 Å². The van der Waals surface area contributed by atoms with Crippen molar-refractivity contribution in [2.45, 2.75) is 155 Å². The van der Waals surface area contributed by atoms with Crippen LogP contribution in [0.25, 0.3) is 44.4 Å². The number of hydrogen-bond acceptors (Lipinski definition) is 15. The molecule has 1 saturated carbocycles. The normalized spacial score (nSPS) is 18.4. The molecule has 7 heterocycles. The number of fused-ring (bicyclic) bond motifs is 6. The maximum atomic E-state index is 14.0. The van der Waals surface area contributed by atoms with Crippen LogP contribution in [0.4, 0.5) is 17.2 Å². The molecule has 5 aliphatic rings. The van der Waals surface area contributed by atoms with Gasteiger partial charge in [0.05, 0.1) is 23.9 Å². The van der Waals surface area contributed by atoms with Gasteiger partial charge in [0.2, 0.25) is 11.8 Å². The molecular formula is C66H83N13O6. The van der Waals surface area contributed by atoms with Crippen LogP contribution in [0.3, 0.4) is 0 Å². The van der Waals surface area contributed by atoms with Crippen LogP contribution in [0.1, 0.15) is 131 Å². The first-order chi connectivity index (χ1) is 41.3. The minimum atomic E-state index is -0.633. The molecule has 5 unspecified atom stereocenters. The van der Waals surface area contributed by atoms with Gasteiger partial charge < -0.3 is 56.3 Å². The topological polar surface area (TPSA) is 244 Å². The first-order valence-corrected chi connectivity index (χ1v) is 30.4. The SMILES string of the molecule is CCCC(CC)Oc1nc(N2CC3CC2CN3)c2cc(C3CC3)c(-c3c(C)ccc(N)c3C=N)c(OCc3ccc4c(c3)NC(=O)Cc3nn(C(C(=O)N5CCCC5C=O)C(C)C)cc3-4)c2n1.CCn1nccc1-c1ccc(CNC)cc1.CO. The monoisotopic (exact) mass is 1150 g/mol. The molecule has 0 radical (unpaired) electrons. The molecule has 19 heteroatoms. The minimum absolute atomic E-state index is 0.0407. The van der Waals surface area contributed by atoms with Crippen LogP contribution in [0.15, 0.2) is 79.1 Å². The summed E-state index contributed by atoms with van der Waals surface area (Å²) in [7, 11) is 2.96. The van der Waals surface area contributed by atoms with Crippen LogP contribution in [0.5, 0.6) is 11.8 Å². The van der Waals surface area contributed by atoms with Gasteiger partial charge in [0.1, 0.15) is 36.4 Å². The first-order valence-electron chi connectivity index (χ1n) is 30.4. The van der Waals surface area contributed by atoms with Crippen molar-refractivity contribution in [2.75, 3.05) is 49.7 Å². The second-order valence-electron chi connectivity index (χ2n) is 23.3. The van der Waals surface area contributed by atoms with Crippen molar-refractivity contribution in [3.63, 3.8) is 0 Å². The number of carbonyl (C=O) groups is 3. The fourth-order valence-electron chi connectivity index (χ4n) is 12.8. The van der Waals surface area contributed by atoms with Gasteiger partial charge >= 0.3 is 6.01 Å². The Morgan fingerprint density at radius 1 is 0.988 bits per heavy atom. The number of carbonyl (C=O) groups excluding carboxylic acids is 3. The molecule has 2 bridgehead atoms. The summed E-state index contributed by atoms with van der Waals surface area (Å²) in [6.07, 6.45) is 13.1. The molecule has 1 aliphatic carbocycles. The lowest BCUT2D eigenvalue weighted by molar-refractivity contribution is -0.139. The Morgan fingerprint density at radius 3 is 2.45 bits per heavy atom. The number of piperazine rings is 1. The summed E-state index contributed by atoms with van der Waals surface area (Å²) >= 11 is 0. The van der Waals surface area contributed by atoms with Crippen LogP contribution in [-0.2, 0) is 40.5 Å². The molecule has 19 nitrogen and oxygen atoms in total. The van der Waals surface area contributed by atoms with Crippen molar-refractivity contribution in [3.05, 3.63) is 113 Å². The number of aliphatic hydroxyl groups is 1. The van der Waals surface area contributed by atoms with Crippen LogP contribution in [-0.4, -0.2) is 122 Å². The van der Waals surface area contributed by atoms with E-state index < -0.39 is 12.1 Å². The number of aldehydes is 1. The third-order valence-corrected chi connectivity index (χ3v) is 17.2. The molecule has 4 aliphatic heterocycles. The van der Waals surface area contributed by atoms with E-state index in [9.17, 15) is 14.4 Å². The Bertz CT molecular complexity index is 3550. The number of nitrogen functional groups attached to an aromatic ring is 1. The third-order valence-electron chi connectivity index (χ3n) is 17.2. The summed E-state index contributed by atoms with van der Waals surface area (Å²) < 4.78 is 17.6. The number of benzene rings is 4. The summed E-state index contributed by atoms with van der Waals surface area (Å²) in [4.78, 5) is 54.1. The average Bonchev–Trinajstić information content (AvgIpc) is 2.28. The fraction of sp³-hybridized carbons (Fsp3) is 0.455. The van der Waals surface area contributed by atoms with Crippen molar-refractivity contribution in [3.8, 4) is 45.3 Å². The maximum Gasteiger partial charge on any atom is 0.319 e. The highest BCUT2D eigenvalue weighted by Gasteiger charge is 2.41. The Hall–Kier alpha value is -8.00. The summed E-state index contributed by atoms with van der Waals surface area (Å²) in [5, 5.41) is 35.6. The molecule has 4 aromatic carbocycles. The lowest BCUT2D eigenvalue weighted by Crippen LogP contribution is -2.44. The first kappa shape index (κ1) is 60.1. The second kappa shape index (κ2) is 26.5. The summed E-state index contributed by atoms with van der Waals surface area (Å²) in [5.74, 6) is 1.25. The smallest absolute Gasteiger partial charge is 0.319 e. The van der Waals surface area contributed by atoms with Gasteiger partial charge in [-0.1, -0.05) is 76.6 Å². The van der Waals surface area contributed by atoms with Gasteiger partial charge in [-0.15, -0.1) is 0 Å². The predicted molar refractivity (Wildman–Crippen MR) is 334 cm³/mol. The van der Waals surface area contributed by atoms with E-state index in [1.807, 2.05) is 68.3 Å². The van der Waals surface area contributed by atoms with Crippen molar-refractivity contribution >= 4 is 52.4 Å². The summed E-state index contributed by atoms with van der Waals surface area (Å²) in [6, 6.07) is 22.6. The molecule has 7 N–H and O–H groups in total. The molecule has 3 saturated heterocycles. The Morgan fingerprint density at radius 2 is 1.78 bits per heavy atom. The van der Waals surface area contributed by atoms with Crippen molar-refractivity contribution in [1.29, 1.82) is 5.41 Å². The van der Waals surface area contributed by atoms with Crippen molar-refractivity contribution in [1.82, 2.24) is 45.1 Å². The maximum absolute atomic E-state index is 14.0. The molecule has 2 amide bonds. The van der Waals surface area contributed by atoms with Crippen LogP contribution in [0, 0.1) is 18.3 Å². The standard InChI is InChI=1S/C52H62N10O5.C13H17N3.CH4O/c1-6-9-35(7-2)67-52-57-47-38(50(58-52)61-24-32-19-34(61)23-55-32)20-37(31-13-14-31)46(45-29(5)11-16-41(54)39(45)22-53)49(47)66-27-30-12-15-36-40-25-62(59-43(40)21-44(64)56-42(36)18-30)48(28(3)4)51(65)60-17-8-10-33(60)26-63;1-3-16-13(8-9-15-16)12-6-4-11(5-7-12)10-14-2;1-2/h11-12,15-16,18,20,22,25-26,28,31-35,48,53,55H,6-10,13-14,17,19,21,23-24,27,54H2,1-5H3,(H,56,64);4-9,14H,3,10H2,1-2H3;2H,1H3. The molecule has 448 valence electrons. The number of likely N-dealkylation sites (tertiary alicyclic amines) is 1. The van der Waals surface area contributed by atoms with Gasteiger partial charge in [-0.2, -0.15) is 20.2 Å². The van der Waals surface area contributed by atoms with Crippen LogP contribution < -0.4 is 36.1 Å². The van der Waals surface area contributed by atoms with Gasteiger partial charge in [-0.25, -0.2) is 0 Å². The molecule has 3 aromatic heterocycles. The van der Waals surface area contributed by atoms with E-state index in [2.05, 4.69) is 90.0 Å². The molecule has 0 spiro atoms. The Balaban J connectivity index is 0.000000383. The highest BCUT2D eigenvalue weighted by molar-refractivity contribution is 6.05. The van der Waals surface area contributed by atoms with Gasteiger partial charge in [0, 0.05) is 110 Å². The lowest BCUT2D eigenvalue weighted by atomic mass is 9.87. The Kier molecular flexibility index (Phi) is 18.8. The number of rotatable bonds is 20. The number of nitrogens with zero attached hydrogens (tertiary/aromatic N) is 8. The summed E-state index contributed by atoms with van der Waals surface area (Å²) in [5.41, 5.74) is 19.5. The fourth-order valence-corrected chi connectivity index (χ4v) is 12.8. The average molecular weight is 1150 g/mol. The largest absolute Gasteiger partial charge is 0.486 e. The molecular weight excluding hydrogens is 1070 g/mol. The van der Waals surface area contributed by atoms with E-state index >= 15 is 0 Å². The second-order valence-corrected chi connectivity index (χ2v) is 23.3. The van der Waals surface area contributed by atoms with E-state index in [4.69, 9.17) is 40.8 Å². The quantitative estimate of drug-likeness (QED) is 0.0236. The van der Waals surface area contributed by atoms with Gasteiger partial charge in [0.15, 0.2) is 5.75 Å². The number of ether oxygens (including phenoxy) is 2. The van der Waals surface area contributed by atoms with Crippen LogP contribution >= 0.6 is 0 Å². The zero-order valence-electron chi connectivity index (χ0n) is 50.5. The van der Waals surface area contributed by atoms with Gasteiger partial charge in [-0.3, -0.25) is 19.0 Å². The number of aliphatic hydroxyl groups excluding tert-OH is 1. The van der Waals surface area contributed by atoms with Gasteiger partial charge in [-0.05, 0) is 135 Å². The van der Waals surface area contributed by atoms with E-state index in [-0.39, 0.29) is 42.8 Å². The number of hydrogen-bond donors (Lipinski definition) is 6. The number of aromatic nitrogens is 6. The molecule has 85 heavy (non-hydrogen) atoms. The van der Waals surface area contributed by atoms with Crippen molar-refractivity contribution < 1.29 is 29.0 Å². The van der Waals surface area contributed by atoms with E-state index in [1.165, 1.54) is 23.0 Å². The number of anilines is 3. The summed E-state index contributed by atoms with van der Waals surface area (Å²) in [6.45, 7) is 16.6. The highest BCUT2D eigenvalue weighted by Crippen LogP contribution is 2.53. The van der Waals surface area contributed by atoms with Crippen LogP contribution in [0.2, 0.25) is 0 Å². The molecule has 4 fully saturated rings. The Labute approximate surface area is 498 Å². The van der Waals surface area contributed by atoms with Gasteiger partial charge in [0.25, 0.3) is 0 Å². The minimum Gasteiger partial charge on any atom is -0.486 e. The molecule has 7 aromatic rings. The number of amides is 2. The number of aryl methyl sites for hydroxylation is 2.